The second-order valence-corrected chi connectivity index (χ2v) is 7.52. The van der Waals surface area contributed by atoms with Crippen LogP contribution >= 0.6 is 0 Å². The van der Waals surface area contributed by atoms with Crippen LogP contribution in [-0.2, 0) is 25.6 Å². The van der Waals surface area contributed by atoms with Crippen LogP contribution in [-0.4, -0.2) is 42.1 Å². The average molecular weight is 399 g/mol. The first kappa shape index (κ1) is 20.6. The van der Waals surface area contributed by atoms with Gasteiger partial charge >= 0.3 is 0 Å². The van der Waals surface area contributed by atoms with Crippen molar-refractivity contribution < 1.29 is 23.6 Å². The molecule has 2 unspecified atom stereocenters. The van der Waals surface area contributed by atoms with Crippen molar-refractivity contribution in [3.63, 3.8) is 0 Å². The lowest BCUT2D eigenvalue weighted by atomic mass is 10.00. The van der Waals surface area contributed by atoms with Crippen molar-refractivity contribution in [1.29, 1.82) is 0 Å². The van der Waals surface area contributed by atoms with Crippen molar-refractivity contribution in [2.75, 3.05) is 6.54 Å². The summed E-state index contributed by atoms with van der Waals surface area (Å²) >= 11 is 0. The van der Waals surface area contributed by atoms with Crippen molar-refractivity contribution in [3.8, 4) is 0 Å². The molecule has 1 fully saturated rings. The number of Topliss-reactive ketones (excluding diaryl/α,β-unsaturated/α-hetero) is 1. The number of hydrogen-bond acceptors (Lipinski definition) is 5. The summed E-state index contributed by atoms with van der Waals surface area (Å²) in [5, 5.41) is 8.76. The SMILES string of the molecule is CC(C)C(NC(=O)CCc1coc2ccccc12)C(=O)NC1CCNC(=O)C1=O. The van der Waals surface area contributed by atoms with Gasteiger partial charge < -0.3 is 20.4 Å². The largest absolute Gasteiger partial charge is 0.464 e. The highest BCUT2D eigenvalue weighted by Gasteiger charge is 2.33. The van der Waals surface area contributed by atoms with Gasteiger partial charge in [0.1, 0.15) is 11.6 Å². The number of rotatable bonds is 7. The van der Waals surface area contributed by atoms with Crippen molar-refractivity contribution in [2.45, 2.75) is 45.2 Å². The van der Waals surface area contributed by atoms with Crippen LogP contribution in [0.4, 0.5) is 0 Å². The van der Waals surface area contributed by atoms with Crippen molar-refractivity contribution in [2.24, 2.45) is 5.92 Å². The Balaban J connectivity index is 1.57. The number of hydrogen-bond donors (Lipinski definition) is 3. The topological polar surface area (TPSA) is 118 Å². The van der Waals surface area contributed by atoms with Gasteiger partial charge in [-0.1, -0.05) is 32.0 Å². The number of aryl methyl sites for hydroxylation is 1. The summed E-state index contributed by atoms with van der Waals surface area (Å²) in [6, 6.07) is 5.95. The molecule has 154 valence electrons. The molecule has 0 spiro atoms. The fourth-order valence-corrected chi connectivity index (χ4v) is 3.36. The maximum atomic E-state index is 12.6. The lowest BCUT2D eigenvalue weighted by Crippen LogP contribution is -2.58. The third kappa shape index (κ3) is 4.82. The highest BCUT2D eigenvalue weighted by atomic mass is 16.3. The molecule has 3 N–H and O–H groups in total. The predicted octanol–water partition coefficient (Wildman–Crippen LogP) is 1.08. The predicted molar refractivity (Wildman–Crippen MR) is 106 cm³/mol. The number of ketones is 1. The Morgan fingerprint density at radius 2 is 2.00 bits per heavy atom. The van der Waals surface area contributed by atoms with Crippen LogP contribution in [0.3, 0.4) is 0 Å². The minimum atomic E-state index is -0.855. The summed E-state index contributed by atoms with van der Waals surface area (Å²) in [5.41, 5.74) is 1.70. The Kier molecular flexibility index (Phi) is 6.31. The molecular formula is C21H25N3O5. The zero-order chi connectivity index (χ0) is 21.0. The first-order valence-electron chi connectivity index (χ1n) is 9.73. The molecule has 1 aromatic carbocycles. The van der Waals surface area contributed by atoms with Crippen molar-refractivity contribution in [3.05, 3.63) is 36.1 Å². The number of amides is 3. The number of carbonyl (C=O) groups is 4. The number of nitrogens with one attached hydrogen (secondary N) is 3. The molecule has 1 aliphatic rings. The fraction of sp³-hybridized carbons (Fsp3) is 0.429. The van der Waals surface area contributed by atoms with Gasteiger partial charge in [0.2, 0.25) is 17.6 Å². The minimum Gasteiger partial charge on any atom is -0.464 e. The third-order valence-corrected chi connectivity index (χ3v) is 5.02. The summed E-state index contributed by atoms with van der Waals surface area (Å²) in [6.07, 6.45) is 2.66. The molecule has 2 aromatic rings. The first-order chi connectivity index (χ1) is 13.9. The van der Waals surface area contributed by atoms with Gasteiger partial charge in [-0.2, -0.15) is 0 Å². The Morgan fingerprint density at radius 1 is 1.24 bits per heavy atom. The summed E-state index contributed by atoms with van der Waals surface area (Å²) in [6.45, 7) is 3.94. The zero-order valence-corrected chi connectivity index (χ0v) is 16.5. The highest BCUT2D eigenvalue weighted by molar-refractivity contribution is 6.39. The van der Waals surface area contributed by atoms with E-state index in [4.69, 9.17) is 4.42 Å². The van der Waals surface area contributed by atoms with Crippen LogP contribution in [0.25, 0.3) is 11.0 Å². The van der Waals surface area contributed by atoms with Crippen LogP contribution in [0, 0.1) is 5.92 Å². The van der Waals surface area contributed by atoms with Gasteiger partial charge in [-0.15, -0.1) is 0 Å². The van der Waals surface area contributed by atoms with E-state index in [0.717, 1.165) is 16.5 Å². The van der Waals surface area contributed by atoms with E-state index in [1.54, 1.807) is 6.26 Å². The van der Waals surface area contributed by atoms with E-state index in [2.05, 4.69) is 16.0 Å². The molecule has 2 heterocycles. The third-order valence-electron chi connectivity index (χ3n) is 5.02. The van der Waals surface area contributed by atoms with Gasteiger partial charge in [-0.3, -0.25) is 19.2 Å². The molecule has 1 saturated heterocycles. The number of piperidine rings is 1. The quantitative estimate of drug-likeness (QED) is 0.602. The van der Waals surface area contributed by atoms with Gasteiger partial charge in [-0.05, 0) is 30.4 Å². The average Bonchev–Trinajstić information content (AvgIpc) is 3.11. The van der Waals surface area contributed by atoms with Gasteiger partial charge in [0.05, 0.1) is 12.3 Å². The van der Waals surface area contributed by atoms with E-state index >= 15 is 0 Å². The van der Waals surface area contributed by atoms with Crippen LogP contribution in [0.1, 0.15) is 32.3 Å². The standard InChI is InChI=1S/C21H25N3O5/c1-12(2)18(20(27)23-15-9-10-22-21(28)19(15)26)24-17(25)8-7-13-11-29-16-6-4-3-5-14(13)16/h3-6,11-12,15,18H,7-10H2,1-2H3,(H,22,28)(H,23,27)(H,24,25). The van der Waals surface area contributed by atoms with Crippen LogP contribution < -0.4 is 16.0 Å². The number of benzene rings is 1. The Labute approximate surface area is 168 Å². The smallest absolute Gasteiger partial charge is 0.289 e. The minimum absolute atomic E-state index is 0.179. The second kappa shape index (κ2) is 8.89. The fourth-order valence-electron chi connectivity index (χ4n) is 3.36. The summed E-state index contributed by atoms with van der Waals surface area (Å²) in [5.74, 6) is -2.27. The lowest BCUT2D eigenvalue weighted by molar-refractivity contribution is -0.142. The number of fused-ring (bicyclic) bond motifs is 1. The molecule has 0 aliphatic carbocycles. The van der Waals surface area contributed by atoms with E-state index in [0.29, 0.717) is 19.4 Å². The van der Waals surface area contributed by atoms with Gasteiger partial charge in [0.15, 0.2) is 0 Å². The van der Waals surface area contributed by atoms with E-state index < -0.39 is 29.7 Å². The number of furan rings is 1. The number of carbonyl (C=O) groups excluding carboxylic acids is 4. The summed E-state index contributed by atoms with van der Waals surface area (Å²) in [7, 11) is 0. The summed E-state index contributed by atoms with van der Waals surface area (Å²) in [4.78, 5) is 48.4. The molecule has 1 aromatic heterocycles. The maximum Gasteiger partial charge on any atom is 0.289 e. The molecule has 0 bridgehead atoms. The molecule has 3 amide bonds. The molecule has 29 heavy (non-hydrogen) atoms. The van der Waals surface area contributed by atoms with E-state index in [1.165, 1.54) is 0 Å². The highest BCUT2D eigenvalue weighted by Crippen LogP contribution is 2.21. The normalized spacial score (nSPS) is 17.8. The maximum absolute atomic E-state index is 12.6. The molecule has 3 rings (SSSR count). The molecule has 8 nitrogen and oxygen atoms in total. The molecular weight excluding hydrogens is 374 g/mol. The monoisotopic (exact) mass is 399 g/mol. The zero-order valence-electron chi connectivity index (χ0n) is 16.5. The summed E-state index contributed by atoms with van der Waals surface area (Å²) < 4.78 is 5.48. The van der Waals surface area contributed by atoms with Crippen LogP contribution in [0.15, 0.2) is 34.9 Å². The Morgan fingerprint density at radius 3 is 2.76 bits per heavy atom. The lowest BCUT2D eigenvalue weighted by Gasteiger charge is -2.26. The Bertz CT molecular complexity index is 933. The van der Waals surface area contributed by atoms with Crippen LogP contribution in [0.2, 0.25) is 0 Å². The van der Waals surface area contributed by atoms with E-state index in [-0.39, 0.29) is 18.2 Å². The Hall–Kier alpha value is -3.16. The molecule has 1 aliphatic heterocycles. The number of para-hydroxylation sites is 1. The molecule has 0 saturated carbocycles. The molecule has 8 heteroatoms. The van der Waals surface area contributed by atoms with E-state index in [1.807, 2.05) is 38.1 Å². The van der Waals surface area contributed by atoms with E-state index in [9.17, 15) is 19.2 Å². The van der Waals surface area contributed by atoms with Gasteiger partial charge in [0.25, 0.3) is 5.91 Å². The van der Waals surface area contributed by atoms with Crippen molar-refractivity contribution in [1.82, 2.24) is 16.0 Å². The second-order valence-electron chi connectivity index (χ2n) is 7.52. The van der Waals surface area contributed by atoms with Gasteiger partial charge in [-0.25, -0.2) is 0 Å². The van der Waals surface area contributed by atoms with Crippen molar-refractivity contribution >= 4 is 34.5 Å². The first-order valence-corrected chi connectivity index (χ1v) is 9.73. The van der Waals surface area contributed by atoms with Crippen LogP contribution in [0.5, 0.6) is 0 Å². The molecule has 0 radical (unpaired) electrons. The molecule has 2 atom stereocenters. The van der Waals surface area contributed by atoms with Gasteiger partial charge in [0, 0.05) is 18.4 Å².